The Labute approximate surface area is 206 Å². The minimum atomic E-state index is -0.878. The Kier molecular flexibility index (Phi) is 6.88. The maximum atomic E-state index is 13.0. The van der Waals surface area contributed by atoms with Crippen molar-refractivity contribution in [2.75, 3.05) is 19.7 Å². The van der Waals surface area contributed by atoms with Gasteiger partial charge in [0.05, 0.1) is 5.92 Å². The second-order valence-electron chi connectivity index (χ2n) is 10.8. The molecule has 0 aromatic heterocycles. The minimum absolute atomic E-state index is 0.0399. The molecule has 1 aliphatic heterocycles. The number of hydrogen-bond donors (Lipinski definition) is 2. The van der Waals surface area contributed by atoms with Crippen molar-refractivity contribution < 1.29 is 24.2 Å². The lowest BCUT2D eigenvalue weighted by Gasteiger charge is -2.32. The first-order valence-electron chi connectivity index (χ1n) is 12.2. The lowest BCUT2D eigenvalue weighted by atomic mass is 9.84. The number of benzene rings is 2. The van der Waals surface area contributed by atoms with Gasteiger partial charge in [-0.05, 0) is 33.6 Å². The molecule has 2 amide bonds. The molecule has 1 aliphatic carbocycles. The molecule has 7 heteroatoms. The zero-order valence-electron chi connectivity index (χ0n) is 20.8. The summed E-state index contributed by atoms with van der Waals surface area (Å²) in [7, 11) is 0. The van der Waals surface area contributed by atoms with E-state index in [9.17, 15) is 19.5 Å². The molecule has 35 heavy (non-hydrogen) atoms. The van der Waals surface area contributed by atoms with E-state index in [0.717, 1.165) is 22.3 Å². The summed E-state index contributed by atoms with van der Waals surface area (Å²) in [5, 5.41) is 12.3. The SMILES string of the molecule is CC1CN(C(=O)CC(NC(=O)OCC2c3ccccc3-c3ccccc32)C(C)(C)C)CC1C(=O)O. The maximum Gasteiger partial charge on any atom is 0.407 e. The fourth-order valence-electron chi connectivity index (χ4n) is 5.15. The molecule has 0 spiro atoms. The molecule has 0 radical (unpaired) electrons. The van der Waals surface area contributed by atoms with Crippen LogP contribution in [0.15, 0.2) is 48.5 Å². The van der Waals surface area contributed by atoms with Gasteiger partial charge in [-0.3, -0.25) is 9.59 Å². The second kappa shape index (κ2) is 9.72. The first kappa shape index (κ1) is 24.8. The van der Waals surface area contributed by atoms with E-state index in [4.69, 9.17) is 4.74 Å². The van der Waals surface area contributed by atoms with Gasteiger partial charge in [0.15, 0.2) is 0 Å². The molecule has 3 unspecified atom stereocenters. The number of carbonyl (C=O) groups excluding carboxylic acids is 2. The number of hydrogen-bond acceptors (Lipinski definition) is 4. The van der Waals surface area contributed by atoms with Gasteiger partial charge in [0.1, 0.15) is 6.61 Å². The Hall–Kier alpha value is -3.35. The maximum absolute atomic E-state index is 13.0. The number of carbonyl (C=O) groups is 3. The number of nitrogens with zero attached hydrogens (tertiary/aromatic N) is 1. The molecule has 7 nitrogen and oxygen atoms in total. The topological polar surface area (TPSA) is 95.9 Å². The molecule has 186 valence electrons. The molecule has 4 rings (SSSR count). The molecule has 2 aromatic carbocycles. The van der Waals surface area contributed by atoms with E-state index in [2.05, 4.69) is 29.6 Å². The number of fused-ring (bicyclic) bond motifs is 3. The first-order valence-corrected chi connectivity index (χ1v) is 12.2. The summed E-state index contributed by atoms with van der Waals surface area (Å²) in [6.07, 6.45) is -0.468. The van der Waals surface area contributed by atoms with E-state index < -0.39 is 29.4 Å². The van der Waals surface area contributed by atoms with Crippen LogP contribution in [0.2, 0.25) is 0 Å². The third kappa shape index (κ3) is 5.19. The summed E-state index contributed by atoms with van der Waals surface area (Å²) < 4.78 is 5.69. The molecule has 2 N–H and O–H groups in total. The lowest BCUT2D eigenvalue weighted by Crippen LogP contribution is -2.47. The van der Waals surface area contributed by atoms with Crippen molar-refractivity contribution in [1.29, 1.82) is 0 Å². The number of amides is 2. The van der Waals surface area contributed by atoms with Crippen molar-refractivity contribution in [2.45, 2.75) is 46.1 Å². The molecular weight excluding hydrogens is 444 g/mol. The monoisotopic (exact) mass is 478 g/mol. The molecule has 1 saturated heterocycles. The van der Waals surface area contributed by atoms with Crippen molar-refractivity contribution in [1.82, 2.24) is 10.2 Å². The number of nitrogens with one attached hydrogen (secondary N) is 1. The third-order valence-electron chi connectivity index (χ3n) is 7.34. The smallest absolute Gasteiger partial charge is 0.407 e. The Morgan fingerprint density at radius 2 is 1.60 bits per heavy atom. The molecule has 0 saturated carbocycles. The van der Waals surface area contributed by atoms with Crippen LogP contribution in [0, 0.1) is 17.3 Å². The highest BCUT2D eigenvalue weighted by atomic mass is 16.5. The highest BCUT2D eigenvalue weighted by Crippen LogP contribution is 2.44. The molecule has 2 aliphatic rings. The Morgan fingerprint density at radius 1 is 1.03 bits per heavy atom. The van der Waals surface area contributed by atoms with Gasteiger partial charge in [-0.2, -0.15) is 0 Å². The number of carboxylic acids is 1. The molecule has 2 aromatic rings. The van der Waals surface area contributed by atoms with Crippen LogP contribution >= 0.6 is 0 Å². The van der Waals surface area contributed by atoms with Gasteiger partial charge in [-0.15, -0.1) is 0 Å². The van der Waals surface area contributed by atoms with Crippen molar-refractivity contribution in [3.05, 3.63) is 59.7 Å². The number of likely N-dealkylation sites (tertiary alicyclic amines) is 1. The van der Waals surface area contributed by atoms with Crippen LogP contribution in [-0.2, 0) is 14.3 Å². The van der Waals surface area contributed by atoms with Crippen LogP contribution in [0.25, 0.3) is 11.1 Å². The van der Waals surface area contributed by atoms with Crippen LogP contribution in [0.3, 0.4) is 0 Å². The average molecular weight is 479 g/mol. The van der Waals surface area contributed by atoms with Gasteiger partial charge in [0.2, 0.25) is 5.91 Å². The molecule has 1 fully saturated rings. The molecule has 0 bridgehead atoms. The predicted molar refractivity (Wildman–Crippen MR) is 133 cm³/mol. The summed E-state index contributed by atoms with van der Waals surface area (Å²) in [5.74, 6) is -1.72. The average Bonchev–Trinajstić information content (AvgIpc) is 3.35. The zero-order chi connectivity index (χ0) is 25.3. The van der Waals surface area contributed by atoms with Crippen molar-refractivity contribution in [2.24, 2.45) is 17.3 Å². The fourth-order valence-corrected chi connectivity index (χ4v) is 5.15. The summed E-state index contributed by atoms with van der Waals surface area (Å²) in [4.78, 5) is 38.9. The Bertz CT molecular complexity index is 1080. The fraction of sp³-hybridized carbons (Fsp3) is 0.464. The second-order valence-corrected chi connectivity index (χ2v) is 10.8. The van der Waals surface area contributed by atoms with Gasteiger partial charge < -0.3 is 20.1 Å². The Morgan fingerprint density at radius 3 is 2.11 bits per heavy atom. The lowest BCUT2D eigenvalue weighted by molar-refractivity contribution is -0.142. The number of rotatable bonds is 6. The van der Waals surface area contributed by atoms with E-state index in [0.29, 0.717) is 6.54 Å². The van der Waals surface area contributed by atoms with Gasteiger partial charge >= 0.3 is 12.1 Å². The van der Waals surface area contributed by atoms with E-state index >= 15 is 0 Å². The first-order chi connectivity index (χ1) is 16.6. The summed E-state index contributed by atoms with van der Waals surface area (Å²) >= 11 is 0. The van der Waals surface area contributed by atoms with E-state index in [1.807, 2.05) is 52.0 Å². The van der Waals surface area contributed by atoms with Crippen LogP contribution in [-0.4, -0.2) is 53.7 Å². The van der Waals surface area contributed by atoms with Crippen LogP contribution in [0.5, 0.6) is 0 Å². The van der Waals surface area contributed by atoms with Crippen molar-refractivity contribution >= 4 is 18.0 Å². The van der Waals surface area contributed by atoms with Crippen molar-refractivity contribution in [3.8, 4) is 11.1 Å². The van der Waals surface area contributed by atoms with Gasteiger partial charge in [-0.25, -0.2) is 4.79 Å². The van der Waals surface area contributed by atoms with Crippen LogP contribution < -0.4 is 5.32 Å². The summed E-state index contributed by atoms with van der Waals surface area (Å²) in [5.41, 5.74) is 4.21. The van der Waals surface area contributed by atoms with E-state index in [-0.39, 0.29) is 37.3 Å². The highest BCUT2D eigenvalue weighted by molar-refractivity contribution is 5.81. The zero-order valence-corrected chi connectivity index (χ0v) is 20.8. The van der Waals surface area contributed by atoms with Gasteiger partial charge in [-0.1, -0.05) is 76.2 Å². The summed E-state index contributed by atoms with van der Waals surface area (Å²) in [6.45, 7) is 8.55. The molecular formula is C28H34N2O5. The van der Waals surface area contributed by atoms with E-state index in [1.54, 1.807) is 4.90 Å². The van der Waals surface area contributed by atoms with Gasteiger partial charge in [0, 0.05) is 31.5 Å². The van der Waals surface area contributed by atoms with Crippen LogP contribution in [0.4, 0.5) is 4.79 Å². The number of alkyl carbamates (subject to hydrolysis) is 1. The molecule has 1 heterocycles. The largest absolute Gasteiger partial charge is 0.481 e. The highest BCUT2D eigenvalue weighted by Gasteiger charge is 2.39. The Balaban J connectivity index is 1.39. The van der Waals surface area contributed by atoms with E-state index in [1.165, 1.54) is 0 Å². The third-order valence-corrected chi connectivity index (χ3v) is 7.34. The minimum Gasteiger partial charge on any atom is -0.481 e. The standard InChI is InChI=1S/C28H34N2O5/c1-17-14-30(15-22(17)26(32)33)25(31)13-24(28(2,3)4)29-27(34)35-16-23-20-11-7-5-9-18(20)19-10-6-8-12-21(19)23/h5-12,17,22-24H,13-16H2,1-4H3,(H,29,34)(H,32,33). The van der Waals surface area contributed by atoms with Crippen LogP contribution in [0.1, 0.15) is 51.2 Å². The predicted octanol–water partition coefficient (Wildman–Crippen LogP) is 4.51. The number of carboxylic acid groups (broad SMARTS) is 1. The molecule has 3 atom stereocenters. The number of ether oxygens (including phenoxy) is 1. The summed E-state index contributed by atoms with van der Waals surface area (Å²) in [6, 6.07) is 15.9. The quantitative estimate of drug-likeness (QED) is 0.637. The number of aliphatic carboxylic acids is 1. The van der Waals surface area contributed by atoms with Gasteiger partial charge in [0.25, 0.3) is 0 Å². The van der Waals surface area contributed by atoms with Crippen molar-refractivity contribution in [3.63, 3.8) is 0 Å². The normalized spacial score (nSPS) is 20.2.